The largest absolute Gasteiger partial charge is 0.450 e. The Balaban J connectivity index is 1.67. The van der Waals surface area contributed by atoms with Crippen molar-refractivity contribution in [1.82, 2.24) is 4.90 Å². The lowest BCUT2D eigenvalue weighted by molar-refractivity contribution is -0.136. The molecule has 1 aromatic carbocycles. The van der Waals surface area contributed by atoms with E-state index in [-0.39, 0.29) is 18.3 Å². The van der Waals surface area contributed by atoms with Crippen LogP contribution in [0.2, 0.25) is 5.02 Å². The van der Waals surface area contributed by atoms with Crippen LogP contribution in [-0.2, 0) is 9.53 Å². The van der Waals surface area contributed by atoms with Crippen molar-refractivity contribution in [3.63, 3.8) is 0 Å². The average Bonchev–Trinajstić information content (AvgIpc) is 2.89. The van der Waals surface area contributed by atoms with E-state index in [2.05, 4.69) is 6.92 Å². The fraction of sp³-hybridized carbons (Fsp3) is 0.444. The van der Waals surface area contributed by atoms with E-state index in [1.165, 1.54) is 0 Å². The van der Waals surface area contributed by atoms with Gasteiger partial charge in [-0.3, -0.25) is 4.79 Å². The molecule has 3 rings (SSSR count). The van der Waals surface area contributed by atoms with Gasteiger partial charge in [0.1, 0.15) is 5.58 Å². The van der Waals surface area contributed by atoms with Crippen LogP contribution < -0.4 is 0 Å². The Morgan fingerprint density at radius 2 is 2.21 bits per heavy atom. The van der Waals surface area contributed by atoms with Gasteiger partial charge in [-0.1, -0.05) is 18.5 Å². The highest BCUT2D eigenvalue weighted by molar-refractivity contribution is 6.31. The molecule has 0 spiro atoms. The Labute approximate surface area is 145 Å². The van der Waals surface area contributed by atoms with Crippen LogP contribution in [0.25, 0.3) is 11.0 Å². The molecule has 24 heavy (non-hydrogen) atoms. The summed E-state index contributed by atoms with van der Waals surface area (Å²) in [5.41, 5.74) is 1.23. The summed E-state index contributed by atoms with van der Waals surface area (Å²) >= 11 is 5.97. The number of halogens is 1. The Morgan fingerprint density at radius 1 is 1.42 bits per heavy atom. The summed E-state index contributed by atoms with van der Waals surface area (Å²) in [4.78, 5) is 26.2. The zero-order valence-electron chi connectivity index (χ0n) is 13.8. The lowest BCUT2D eigenvalue weighted by Crippen LogP contribution is -2.41. The first-order chi connectivity index (χ1) is 11.5. The smallest absolute Gasteiger partial charge is 0.375 e. The van der Waals surface area contributed by atoms with E-state index in [0.29, 0.717) is 22.1 Å². The molecule has 128 valence electrons. The number of esters is 1. The number of aryl methyl sites for hydroxylation is 1. The Bertz CT molecular complexity index is 783. The Hall–Kier alpha value is -2.01. The standard InChI is InChI=1S/C18H20ClNO4/c1-11-4-3-7-20(9-11)16(21)10-23-18(22)17-12(2)14-8-13(19)5-6-15(14)24-17/h5-6,8,11H,3-4,7,9-10H2,1-2H3/t11-/m0/s1. The maximum atomic E-state index is 12.3. The van der Waals surface area contributed by atoms with Crippen LogP contribution in [0.5, 0.6) is 0 Å². The number of carbonyl (C=O) groups excluding carboxylic acids is 2. The molecule has 0 saturated carbocycles. The summed E-state index contributed by atoms with van der Waals surface area (Å²) in [5, 5.41) is 1.34. The van der Waals surface area contributed by atoms with Gasteiger partial charge in [0.05, 0.1) is 0 Å². The molecule has 1 aromatic heterocycles. The van der Waals surface area contributed by atoms with Crippen LogP contribution in [0.1, 0.15) is 35.9 Å². The van der Waals surface area contributed by atoms with Crippen molar-refractivity contribution in [2.24, 2.45) is 5.92 Å². The van der Waals surface area contributed by atoms with E-state index in [0.717, 1.165) is 31.3 Å². The van der Waals surface area contributed by atoms with E-state index < -0.39 is 5.97 Å². The van der Waals surface area contributed by atoms with Gasteiger partial charge in [0.25, 0.3) is 5.91 Å². The molecular formula is C18H20ClNO4. The molecule has 0 N–H and O–H groups in total. The molecule has 0 unspecified atom stereocenters. The average molecular weight is 350 g/mol. The molecule has 1 fully saturated rings. The summed E-state index contributed by atoms with van der Waals surface area (Å²) in [6, 6.07) is 5.15. The van der Waals surface area contributed by atoms with Crippen molar-refractivity contribution in [1.29, 1.82) is 0 Å². The van der Waals surface area contributed by atoms with E-state index in [4.69, 9.17) is 20.8 Å². The molecule has 0 aliphatic carbocycles. The summed E-state index contributed by atoms with van der Waals surface area (Å²) in [6.07, 6.45) is 2.12. The molecule has 1 amide bonds. The Kier molecular flexibility index (Phi) is 4.81. The summed E-state index contributed by atoms with van der Waals surface area (Å²) in [7, 11) is 0. The molecule has 1 atom stereocenters. The van der Waals surface area contributed by atoms with Crippen molar-refractivity contribution in [2.75, 3.05) is 19.7 Å². The number of benzene rings is 1. The first kappa shape index (κ1) is 16.8. The van der Waals surface area contributed by atoms with Crippen LogP contribution in [0.4, 0.5) is 0 Å². The molecule has 2 aromatic rings. The normalized spacial score (nSPS) is 18.0. The van der Waals surface area contributed by atoms with Gasteiger partial charge in [0, 0.05) is 29.1 Å². The zero-order valence-corrected chi connectivity index (χ0v) is 14.6. The van der Waals surface area contributed by atoms with Crippen molar-refractivity contribution in [3.05, 3.63) is 34.5 Å². The van der Waals surface area contributed by atoms with Crippen LogP contribution >= 0.6 is 11.6 Å². The van der Waals surface area contributed by atoms with Gasteiger partial charge in [-0.2, -0.15) is 0 Å². The fourth-order valence-corrected chi connectivity index (χ4v) is 3.26. The number of hydrogen-bond donors (Lipinski definition) is 0. The van der Waals surface area contributed by atoms with Crippen molar-refractivity contribution < 1.29 is 18.7 Å². The van der Waals surface area contributed by atoms with Crippen LogP contribution in [-0.4, -0.2) is 36.5 Å². The highest BCUT2D eigenvalue weighted by Gasteiger charge is 2.24. The molecule has 1 aliphatic rings. The van der Waals surface area contributed by atoms with E-state index >= 15 is 0 Å². The number of carbonyl (C=O) groups is 2. The van der Waals surface area contributed by atoms with Gasteiger partial charge < -0.3 is 14.1 Å². The third-order valence-electron chi connectivity index (χ3n) is 4.42. The predicted molar refractivity (Wildman–Crippen MR) is 91.2 cm³/mol. The van der Waals surface area contributed by atoms with Crippen molar-refractivity contribution in [2.45, 2.75) is 26.7 Å². The van der Waals surface area contributed by atoms with Gasteiger partial charge in [-0.05, 0) is 43.9 Å². The third-order valence-corrected chi connectivity index (χ3v) is 4.66. The summed E-state index contributed by atoms with van der Waals surface area (Å²) in [6.45, 7) is 5.07. The number of piperidine rings is 1. The number of amides is 1. The monoisotopic (exact) mass is 349 g/mol. The minimum Gasteiger partial charge on any atom is -0.450 e. The number of fused-ring (bicyclic) bond motifs is 1. The summed E-state index contributed by atoms with van der Waals surface area (Å²) < 4.78 is 10.7. The summed E-state index contributed by atoms with van der Waals surface area (Å²) in [5.74, 6) is -0.183. The molecule has 2 heterocycles. The lowest BCUT2D eigenvalue weighted by Gasteiger charge is -2.30. The molecule has 1 aliphatic heterocycles. The first-order valence-electron chi connectivity index (χ1n) is 8.09. The molecule has 1 saturated heterocycles. The molecule has 0 radical (unpaired) electrons. The molecule has 6 heteroatoms. The van der Waals surface area contributed by atoms with Gasteiger partial charge in [0.2, 0.25) is 5.76 Å². The minimum atomic E-state index is -0.627. The predicted octanol–water partition coefficient (Wildman–Crippen LogP) is 3.81. The maximum absolute atomic E-state index is 12.3. The fourth-order valence-electron chi connectivity index (χ4n) is 3.09. The van der Waals surface area contributed by atoms with Gasteiger partial charge in [-0.15, -0.1) is 0 Å². The second-order valence-corrected chi connectivity index (χ2v) is 6.80. The second kappa shape index (κ2) is 6.85. The number of rotatable bonds is 3. The van der Waals surface area contributed by atoms with E-state index in [1.807, 2.05) is 0 Å². The lowest BCUT2D eigenvalue weighted by atomic mass is 10.0. The Morgan fingerprint density at radius 3 is 2.96 bits per heavy atom. The quantitative estimate of drug-likeness (QED) is 0.790. The zero-order chi connectivity index (χ0) is 17.3. The van der Waals surface area contributed by atoms with Crippen LogP contribution in [0.3, 0.4) is 0 Å². The van der Waals surface area contributed by atoms with Gasteiger partial charge in [-0.25, -0.2) is 4.79 Å². The number of furan rings is 1. The number of ether oxygens (including phenoxy) is 1. The third kappa shape index (κ3) is 3.41. The number of likely N-dealkylation sites (tertiary alicyclic amines) is 1. The molecular weight excluding hydrogens is 330 g/mol. The minimum absolute atomic E-state index is 0.118. The number of hydrogen-bond acceptors (Lipinski definition) is 4. The maximum Gasteiger partial charge on any atom is 0.375 e. The van der Waals surface area contributed by atoms with Crippen LogP contribution in [0.15, 0.2) is 22.6 Å². The molecule has 0 bridgehead atoms. The van der Waals surface area contributed by atoms with E-state index in [9.17, 15) is 9.59 Å². The van der Waals surface area contributed by atoms with Gasteiger partial charge >= 0.3 is 5.97 Å². The SMILES string of the molecule is Cc1c(C(=O)OCC(=O)N2CCC[C@H](C)C2)oc2ccc(Cl)cc12. The van der Waals surface area contributed by atoms with Gasteiger partial charge in [0.15, 0.2) is 6.61 Å². The van der Waals surface area contributed by atoms with Crippen molar-refractivity contribution >= 4 is 34.4 Å². The number of nitrogens with zero attached hydrogens (tertiary/aromatic N) is 1. The van der Waals surface area contributed by atoms with Crippen molar-refractivity contribution in [3.8, 4) is 0 Å². The highest BCUT2D eigenvalue weighted by Crippen LogP contribution is 2.28. The topological polar surface area (TPSA) is 59.8 Å². The highest BCUT2D eigenvalue weighted by atomic mass is 35.5. The second-order valence-electron chi connectivity index (χ2n) is 6.36. The van der Waals surface area contributed by atoms with E-state index in [1.54, 1.807) is 30.0 Å². The van der Waals surface area contributed by atoms with Crippen LogP contribution in [0, 0.1) is 12.8 Å². The molecule has 5 nitrogen and oxygen atoms in total. The first-order valence-corrected chi connectivity index (χ1v) is 8.47.